The molecule has 0 bridgehead atoms. The van der Waals surface area contributed by atoms with Crippen LogP contribution >= 0.6 is 0 Å². The second kappa shape index (κ2) is 5.25. The van der Waals surface area contributed by atoms with Crippen molar-refractivity contribution in [1.29, 1.82) is 0 Å². The molecule has 0 aromatic heterocycles. The first-order chi connectivity index (χ1) is 7.69. The lowest BCUT2D eigenvalue weighted by Crippen LogP contribution is -1.99. The zero-order valence-electron chi connectivity index (χ0n) is 9.44. The SMILES string of the molecule is COc1cc(OC)c(OC)c(O)c1CC=O. The van der Waals surface area contributed by atoms with Crippen LogP contribution in [-0.2, 0) is 11.2 Å². The molecule has 16 heavy (non-hydrogen) atoms. The first kappa shape index (κ1) is 12.2. The normalized spacial score (nSPS) is 9.69. The van der Waals surface area contributed by atoms with Gasteiger partial charge >= 0.3 is 0 Å². The lowest BCUT2D eigenvalue weighted by molar-refractivity contribution is -0.107. The van der Waals surface area contributed by atoms with Crippen LogP contribution in [0, 0.1) is 0 Å². The smallest absolute Gasteiger partial charge is 0.203 e. The minimum atomic E-state index is -0.134. The molecule has 1 aromatic carbocycles. The number of rotatable bonds is 5. The number of carbonyl (C=O) groups excluding carboxylic acids is 1. The second-order valence-corrected chi connectivity index (χ2v) is 3.01. The molecule has 0 fully saturated rings. The quantitative estimate of drug-likeness (QED) is 0.763. The number of ether oxygens (including phenoxy) is 3. The van der Waals surface area contributed by atoms with Gasteiger partial charge in [-0.1, -0.05) is 0 Å². The molecule has 0 aliphatic carbocycles. The Morgan fingerprint density at radius 3 is 2.25 bits per heavy atom. The first-order valence-electron chi connectivity index (χ1n) is 4.64. The molecule has 5 heteroatoms. The molecule has 0 radical (unpaired) electrons. The van der Waals surface area contributed by atoms with Gasteiger partial charge in [0, 0.05) is 18.1 Å². The van der Waals surface area contributed by atoms with Gasteiger partial charge in [0.25, 0.3) is 0 Å². The van der Waals surface area contributed by atoms with Crippen molar-refractivity contribution >= 4 is 6.29 Å². The number of aldehydes is 1. The zero-order valence-corrected chi connectivity index (χ0v) is 9.44. The van der Waals surface area contributed by atoms with Crippen LogP contribution in [-0.4, -0.2) is 32.7 Å². The number of phenols is 1. The van der Waals surface area contributed by atoms with Crippen molar-refractivity contribution in [2.24, 2.45) is 0 Å². The molecule has 0 saturated heterocycles. The second-order valence-electron chi connectivity index (χ2n) is 3.01. The van der Waals surface area contributed by atoms with E-state index in [9.17, 15) is 9.90 Å². The fraction of sp³-hybridized carbons (Fsp3) is 0.364. The third kappa shape index (κ3) is 2.03. The van der Waals surface area contributed by atoms with Crippen LogP contribution in [0.1, 0.15) is 5.56 Å². The fourth-order valence-corrected chi connectivity index (χ4v) is 1.45. The molecule has 1 rings (SSSR count). The average molecular weight is 226 g/mol. The number of phenolic OH excluding ortho intramolecular Hbond substituents is 1. The highest BCUT2D eigenvalue weighted by Gasteiger charge is 2.19. The van der Waals surface area contributed by atoms with Gasteiger partial charge in [0.15, 0.2) is 11.5 Å². The van der Waals surface area contributed by atoms with Crippen molar-refractivity contribution < 1.29 is 24.1 Å². The topological polar surface area (TPSA) is 65.0 Å². The summed E-state index contributed by atoms with van der Waals surface area (Å²) in [5.41, 5.74) is 0.384. The standard InChI is InChI=1S/C11H14O5/c1-14-8-6-9(15-2)11(16-3)10(13)7(8)4-5-12/h5-6,13H,4H2,1-3H3. The van der Waals surface area contributed by atoms with E-state index in [1.807, 2.05) is 0 Å². The lowest BCUT2D eigenvalue weighted by atomic mass is 10.1. The Hall–Kier alpha value is -1.91. The third-order valence-corrected chi connectivity index (χ3v) is 2.22. The Balaban J connectivity index is 3.41. The van der Waals surface area contributed by atoms with E-state index in [2.05, 4.69) is 0 Å². The zero-order chi connectivity index (χ0) is 12.1. The van der Waals surface area contributed by atoms with E-state index in [0.717, 1.165) is 0 Å². The van der Waals surface area contributed by atoms with E-state index in [-0.39, 0.29) is 17.9 Å². The molecule has 0 amide bonds. The van der Waals surface area contributed by atoms with E-state index in [4.69, 9.17) is 14.2 Å². The van der Waals surface area contributed by atoms with Crippen molar-refractivity contribution in [2.45, 2.75) is 6.42 Å². The van der Waals surface area contributed by atoms with Crippen molar-refractivity contribution in [1.82, 2.24) is 0 Å². The maximum Gasteiger partial charge on any atom is 0.203 e. The Bertz CT molecular complexity index is 386. The van der Waals surface area contributed by atoms with Gasteiger partial charge in [0.2, 0.25) is 5.75 Å². The summed E-state index contributed by atoms with van der Waals surface area (Å²) in [4.78, 5) is 10.5. The minimum Gasteiger partial charge on any atom is -0.504 e. The molecule has 1 aromatic rings. The predicted molar refractivity (Wildman–Crippen MR) is 57.5 cm³/mol. The minimum absolute atomic E-state index is 0.0510. The number of hydrogen-bond acceptors (Lipinski definition) is 5. The summed E-state index contributed by atoms with van der Waals surface area (Å²) in [5.74, 6) is 0.805. The summed E-state index contributed by atoms with van der Waals surface area (Å²) in [5, 5.41) is 9.90. The number of aromatic hydroxyl groups is 1. The van der Waals surface area contributed by atoms with Gasteiger partial charge in [0.1, 0.15) is 12.0 Å². The number of carbonyl (C=O) groups is 1. The first-order valence-corrected chi connectivity index (χ1v) is 4.64. The van der Waals surface area contributed by atoms with Crippen LogP contribution in [0.3, 0.4) is 0 Å². The Labute approximate surface area is 93.6 Å². The van der Waals surface area contributed by atoms with E-state index in [1.165, 1.54) is 21.3 Å². The Kier molecular flexibility index (Phi) is 3.99. The summed E-state index contributed by atoms with van der Waals surface area (Å²) in [7, 11) is 4.32. The van der Waals surface area contributed by atoms with Crippen LogP contribution in [0.2, 0.25) is 0 Å². The molecule has 5 nitrogen and oxygen atoms in total. The molecule has 0 saturated carbocycles. The van der Waals surface area contributed by atoms with Crippen LogP contribution in [0.15, 0.2) is 6.07 Å². The van der Waals surface area contributed by atoms with E-state index < -0.39 is 0 Å². The molecule has 0 heterocycles. The van der Waals surface area contributed by atoms with Crippen molar-refractivity contribution in [3.05, 3.63) is 11.6 Å². The van der Waals surface area contributed by atoms with Crippen LogP contribution in [0.25, 0.3) is 0 Å². The molecule has 1 N–H and O–H groups in total. The van der Waals surface area contributed by atoms with Gasteiger partial charge in [-0.15, -0.1) is 0 Å². The van der Waals surface area contributed by atoms with Gasteiger partial charge in [-0.05, 0) is 0 Å². The van der Waals surface area contributed by atoms with Gasteiger partial charge in [-0.2, -0.15) is 0 Å². The summed E-state index contributed by atoms with van der Waals surface area (Å²) in [6.07, 6.45) is 0.735. The van der Waals surface area contributed by atoms with E-state index in [0.29, 0.717) is 23.3 Å². The molecular formula is C11H14O5. The summed E-state index contributed by atoms with van der Waals surface area (Å²) < 4.78 is 15.1. The van der Waals surface area contributed by atoms with Crippen molar-refractivity contribution in [3.63, 3.8) is 0 Å². The average Bonchev–Trinajstić information content (AvgIpc) is 2.31. The van der Waals surface area contributed by atoms with Crippen molar-refractivity contribution in [2.75, 3.05) is 21.3 Å². The van der Waals surface area contributed by atoms with Gasteiger partial charge in [0.05, 0.1) is 21.3 Å². The number of methoxy groups -OCH3 is 3. The maximum absolute atomic E-state index is 10.5. The highest BCUT2D eigenvalue weighted by atomic mass is 16.5. The van der Waals surface area contributed by atoms with Gasteiger partial charge < -0.3 is 24.1 Å². The number of hydrogen-bond donors (Lipinski definition) is 1. The van der Waals surface area contributed by atoms with E-state index in [1.54, 1.807) is 6.07 Å². The van der Waals surface area contributed by atoms with Crippen molar-refractivity contribution in [3.8, 4) is 23.0 Å². The monoisotopic (exact) mass is 226 g/mol. The summed E-state index contributed by atoms with van der Waals surface area (Å²) in [6.45, 7) is 0. The molecule has 0 atom stereocenters. The number of benzene rings is 1. The highest BCUT2D eigenvalue weighted by molar-refractivity contribution is 5.67. The fourth-order valence-electron chi connectivity index (χ4n) is 1.45. The maximum atomic E-state index is 10.5. The Morgan fingerprint density at radius 1 is 1.19 bits per heavy atom. The predicted octanol–water partition coefficient (Wildman–Crippen LogP) is 1.16. The van der Waals surface area contributed by atoms with Crippen LogP contribution < -0.4 is 14.2 Å². The van der Waals surface area contributed by atoms with Gasteiger partial charge in [-0.25, -0.2) is 0 Å². The van der Waals surface area contributed by atoms with E-state index >= 15 is 0 Å². The van der Waals surface area contributed by atoms with Crippen LogP contribution in [0.5, 0.6) is 23.0 Å². The Morgan fingerprint density at radius 2 is 1.81 bits per heavy atom. The molecule has 0 spiro atoms. The summed E-state index contributed by atoms with van der Waals surface area (Å²) >= 11 is 0. The molecule has 0 aliphatic heterocycles. The lowest BCUT2D eigenvalue weighted by Gasteiger charge is -2.15. The van der Waals surface area contributed by atoms with Crippen LogP contribution in [0.4, 0.5) is 0 Å². The molecular weight excluding hydrogens is 212 g/mol. The third-order valence-electron chi connectivity index (χ3n) is 2.22. The molecule has 88 valence electrons. The summed E-state index contributed by atoms with van der Waals surface area (Å²) in [6, 6.07) is 1.57. The highest BCUT2D eigenvalue weighted by Crippen LogP contribution is 2.44. The largest absolute Gasteiger partial charge is 0.504 e. The molecule has 0 aliphatic rings. The van der Waals surface area contributed by atoms with Gasteiger partial charge in [-0.3, -0.25) is 0 Å². The molecule has 0 unspecified atom stereocenters.